The van der Waals surface area contributed by atoms with Crippen molar-refractivity contribution >= 4 is 17.5 Å². The summed E-state index contributed by atoms with van der Waals surface area (Å²) in [7, 11) is 0. The van der Waals surface area contributed by atoms with Crippen LogP contribution in [0, 0.1) is 5.82 Å². The second-order valence-corrected chi connectivity index (χ2v) is 5.91. The quantitative estimate of drug-likeness (QED) is 0.903. The normalized spacial score (nSPS) is 18.5. The van der Waals surface area contributed by atoms with Crippen molar-refractivity contribution in [1.82, 2.24) is 10.2 Å². The summed E-state index contributed by atoms with van der Waals surface area (Å²) in [4.78, 5) is 14.3. The van der Waals surface area contributed by atoms with Gasteiger partial charge in [0.15, 0.2) is 5.82 Å². The Hall–Kier alpha value is -1.13. The third kappa shape index (κ3) is 4.17. The molecule has 1 aromatic carbocycles. The van der Waals surface area contributed by atoms with Crippen LogP contribution in [0.1, 0.15) is 43.0 Å². The van der Waals surface area contributed by atoms with E-state index in [1.807, 2.05) is 6.92 Å². The molecule has 1 unspecified atom stereocenters. The third-order valence-electron chi connectivity index (χ3n) is 3.82. The summed E-state index contributed by atoms with van der Waals surface area (Å²) in [6.45, 7) is 4.26. The van der Waals surface area contributed by atoms with Gasteiger partial charge in [-0.2, -0.15) is 0 Å². The van der Waals surface area contributed by atoms with Crippen molar-refractivity contribution in [2.75, 3.05) is 19.6 Å². The third-order valence-corrected chi connectivity index (χ3v) is 4.11. The number of nitrogens with zero attached hydrogens (tertiary/aromatic N) is 1. The zero-order valence-electron chi connectivity index (χ0n) is 12.4. The summed E-state index contributed by atoms with van der Waals surface area (Å²) in [5.74, 6) is -0.897. The first-order chi connectivity index (χ1) is 10.1. The minimum absolute atomic E-state index is 0.00640. The number of hydrogen-bond acceptors (Lipinski definition) is 2. The summed E-state index contributed by atoms with van der Waals surface area (Å²) < 4.78 is 14.0. The Morgan fingerprint density at radius 1 is 1.48 bits per heavy atom. The summed E-state index contributed by atoms with van der Waals surface area (Å²) in [6, 6.07) is 4.87. The van der Waals surface area contributed by atoms with Crippen molar-refractivity contribution in [3.8, 4) is 0 Å². The van der Waals surface area contributed by atoms with Gasteiger partial charge in [-0.25, -0.2) is 4.39 Å². The minimum Gasteiger partial charge on any atom is -0.337 e. The number of carbonyl (C=O) groups is 1. The van der Waals surface area contributed by atoms with Crippen molar-refractivity contribution in [3.63, 3.8) is 0 Å². The van der Waals surface area contributed by atoms with E-state index < -0.39 is 5.82 Å². The molecular weight excluding hydrogens is 291 g/mol. The highest BCUT2D eigenvalue weighted by molar-refractivity contribution is 6.31. The van der Waals surface area contributed by atoms with Gasteiger partial charge in [-0.15, -0.1) is 0 Å². The molecule has 1 heterocycles. The van der Waals surface area contributed by atoms with Gasteiger partial charge in [0.25, 0.3) is 5.91 Å². The summed E-state index contributed by atoms with van der Waals surface area (Å²) >= 11 is 5.77. The molecule has 116 valence electrons. The highest BCUT2D eigenvalue weighted by atomic mass is 35.5. The second kappa shape index (κ2) is 7.76. The average Bonchev–Trinajstić information content (AvgIpc) is 2.50. The van der Waals surface area contributed by atoms with E-state index in [9.17, 15) is 9.18 Å². The zero-order chi connectivity index (χ0) is 15.2. The number of rotatable bonds is 5. The Bertz CT molecular complexity index is 489. The van der Waals surface area contributed by atoms with Crippen molar-refractivity contribution < 1.29 is 9.18 Å². The fraction of sp³-hybridized carbons (Fsp3) is 0.562. The molecule has 0 aromatic heterocycles. The molecule has 0 aliphatic carbocycles. The van der Waals surface area contributed by atoms with Gasteiger partial charge in [-0.05, 0) is 37.9 Å². The second-order valence-electron chi connectivity index (χ2n) is 5.50. The SMILES string of the molecule is CCCN(CC1CCCCN1)C(=O)c1cccc(Cl)c1F. The van der Waals surface area contributed by atoms with E-state index in [1.165, 1.54) is 25.0 Å². The first-order valence-electron chi connectivity index (χ1n) is 7.60. The van der Waals surface area contributed by atoms with Crippen molar-refractivity contribution in [3.05, 3.63) is 34.6 Å². The van der Waals surface area contributed by atoms with E-state index in [1.54, 1.807) is 11.0 Å². The molecular formula is C16H22ClFN2O. The molecule has 0 spiro atoms. The molecule has 5 heteroatoms. The van der Waals surface area contributed by atoms with Crippen LogP contribution in [0.2, 0.25) is 5.02 Å². The van der Waals surface area contributed by atoms with Gasteiger partial charge in [0.2, 0.25) is 0 Å². The van der Waals surface area contributed by atoms with Crippen LogP contribution in [0.5, 0.6) is 0 Å². The molecule has 2 rings (SSSR count). The van der Waals surface area contributed by atoms with Crippen LogP contribution in [0.25, 0.3) is 0 Å². The standard InChI is InChI=1S/C16H22ClFN2O/c1-2-10-20(11-12-6-3-4-9-19-12)16(21)13-7-5-8-14(17)15(13)18/h5,7-8,12,19H,2-4,6,9-11H2,1H3. The Morgan fingerprint density at radius 2 is 2.29 bits per heavy atom. The summed E-state index contributed by atoms with van der Waals surface area (Å²) in [6.07, 6.45) is 4.27. The van der Waals surface area contributed by atoms with Gasteiger partial charge in [0, 0.05) is 19.1 Å². The Labute approximate surface area is 130 Å². The summed E-state index contributed by atoms with van der Waals surface area (Å²) in [5, 5.41) is 3.42. The zero-order valence-corrected chi connectivity index (χ0v) is 13.1. The fourth-order valence-electron chi connectivity index (χ4n) is 2.73. The first kappa shape index (κ1) is 16.2. The maximum Gasteiger partial charge on any atom is 0.256 e. The van der Waals surface area contributed by atoms with E-state index in [-0.39, 0.29) is 16.5 Å². The lowest BCUT2D eigenvalue weighted by molar-refractivity contribution is 0.0727. The molecule has 1 aromatic rings. The Kier molecular flexibility index (Phi) is 6.00. The lowest BCUT2D eigenvalue weighted by Crippen LogP contribution is -2.46. The molecule has 1 aliphatic rings. The Balaban J connectivity index is 2.12. The van der Waals surface area contributed by atoms with E-state index >= 15 is 0 Å². The van der Waals surface area contributed by atoms with Crippen LogP contribution in [-0.4, -0.2) is 36.5 Å². The lowest BCUT2D eigenvalue weighted by atomic mass is 10.0. The number of piperidine rings is 1. The number of benzene rings is 1. The smallest absolute Gasteiger partial charge is 0.256 e. The molecule has 0 radical (unpaired) electrons. The number of hydrogen-bond donors (Lipinski definition) is 1. The number of carbonyl (C=O) groups excluding carboxylic acids is 1. The molecule has 1 atom stereocenters. The van der Waals surface area contributed by atoms with Crippen LogP contribution >= 0.6 is 11.6 Å². The maximum absolute atomic E-state index is 14.0. The van der Waals surface area contributed by atoms with Gasteiger partial charge >= 0.3 is 0 Å². The predicted octanol–water partition coefficient (Wildman–Crippen LogP) is 3.47. The van der Waals surface area contributed by atoms with Crippen LogP contribution in [0.3, 0.4) is 0 Å². The van der Waals surface area contributed by atoms with Crippen molar-refractivity contribution in [2.45, 2.75) is 38.6 Å². The monoisotopic (exact) mass is 312 g/mol. The number of halogens is 2. The molecule has 1 N–H and O–H groups in total. The highest BCUT2D eigenvalue weighted by Gasteiger charge is 2.23. The van der Waals surface area contributed by atoms with Gasteiger partial charge in [-0.1, -0.05) is 31.0 Å². The molecule has 0 bridgehead atoms. The van der Waals surface area contributed by atoms with Gasteiger partial charge < -0.3 is 10.2 Å². The van der Waals surface area contributed by atoms with Crippen LogP contribution in [-0.2, 0) is 0 Å². The fourth-order valence-corrected chi connectivity index (χ4v) is 2.91. The van der Waals surface area contributed by atoms with E-state index in [4.69, 9.17) is 11.6 Å². The van der Waals surface area contributed by atoms with Crippen molar-refractivity contribution in [2.24, 2.45) is 0 Å². The highest BCUT2D eigenvalue weighted by Crippen LogP contribution is 2.20. The molecule has 1 amide bonds. The molecule has 1 saturated heterocycles. The lowest BCUT2D eigenvalue weighted by Gasteiger charge is -2.30. The number of nitrogens with one attached hydrogen (secondary N) is 1. The Morgan fingerprint density at radius 3 is 2.95 bits per heavy atom. The molecule has 21 heavy (non-hydrogen) atoms. The average molecular weight is 313 g/mol. The van der Waals surface area contributed by atoms with Gasteiger partial charge in [0.05, 0.1) is 10.6 Å². The maximum atomic E-state index is 14.0. The predicted molar refractivity (Wildman–Crippen MR) is 83.2 cm³/mol. The van der Waals surface area contributed by atoms with E-state index in [2.05, 4.69) is 5.32 Å². The molecule has 1 fully saturated rings. The first-order valence-corrected chi connectivity index (χ1v) is 7.98. The van der Waals surface area contributed by atoms with E-state index in [0.717, 1.165) is 19.4 Å². The molecule has 1 aliphatic heterocycles. The van der Waals surface area contributed by atoms with Crippen molar-refractivity contribution in [1.29, 1.82) is 0 Å². The topological polar surface area (TPSA) is 32.3 Å². The largest absolute Gasteiger partial charge is 0.337 e. The van der Waals surface area contributed by atoms with Crippen LogP contribution in [0.4, 0.5) is 4.39 Å². The van der Waals surface area contributed by atoms with Crippen LogP contribution < -0.4 is 5.32 Å². The van der Waals surface area contributed by atoms with Gasteiger partial charge in [-0.3, -0.25) is 4.79 Å². The van der Waals surface area contributed by atoms with Gasteiger partial charge in [0.1, 0.15) is 0 Å². The van der Waals surface area contributed by atoms with Crippen LogP contribution in [0.15, 0.2) is 18.2 Å². The number of amides is 1. The molecule has 0 saturated carbocycles. The van der Waals surface area contributed by atoms with E-state index in [0.29, 0.717) is 19.1 Å². The molecule has 3 nitrogen and oxygen atoms in total. The summed E-state index contributed by atoms with van der Waals surface area (Å²) in [5.41, 5.74) is 0.0618. The minimum atomic E-state index is -0.623.